The van der Waals surface area contributed by atoms with E-state index in [1.54, 1.807) is 24.3 Å². The molecule has 254 valence electrons. The highest BCUT2D eigenvalue weighted by atomic mass is 16.3. The van der Waals surface area contributed by atoms with Crippen LogP contribution in [-0.4, -0.2) is 33.8 Å². The summed E-state index contributed by atoms with van der Waals surface area (Å²) >= 11 is 0. The lowest BCUT2D eigenvalue weighted by molar-refractivity contribution is -0.144. The summed E-state index contributed by atoms with van der Waals surface area (Å²) in [5.41, 5.74) is 9.46. The first-order chi connectivity index (χ1) is 22.1. The number of benzene rings is 2. The van der Waals surface area contributed by atoms with E-state index in [9.17, 15) is 29.4 Å². The molecule has 0 saturated heterocycles. The number of aryl methyl sites for hydroxylation is 2. The second-order valence-corrected chi connectivity index (χ2v) is 12.3. The Labute approximate surface area is 274 Å². The van der Waals surface area contributed by atoms with E-state index >= 15 is 0 Å². The molecule has 10 heteroatoms. The predicted molar refractivity (Wildman–Crippen MR) is 180 cm³/mol. The summed E-state index contributed by atoms with van der Waals surface area (Å²) < 4.78 is 0. The highest BCUT2D eigenvalue weighted by Gasteiger charge is 2.41. The van der Waals surface area contributed by atoms with E-state index in [0.717, 1.165) is 94.6 Å². The Bertz CT molecular complexity index is 1210. The third-order valence-corrected chi connectivity index (χ3v) is 8.36. The molecular formula is C36H54N4O6. The molecule has 0 atom stereocenters. The van der Waals surface area contributed by atoms with Crippen molar-refractivity contribution in [3.05, 3.63) is 58.7 Å². The van der Waals surface area contributed by atoms with Gasteiger partial charge in [0, 0.05) is 0 Å². The van der Waals surface area contributed by atoms with Crippen LogP contribution in [0.15, 0.2) is 36.4 Å². The second kappa shape index (κ2) is 20.1. The summed E-state index contributed by atoms with van der Waals surface area (Å²) in [6, 6.07) is 9.63. The molecule has 2 aromatic rings. The van der Waals surface area contributed by atoms with Crippen molar-refractivity contribution in [3.8, 4) is 11.5 Å². The van der Waals surface area contributed by atoms with Gasteiger partial charge < -0.3 is 10.2 Å². The number of carbonyl (C=O) groups excluding carboxylic acids is 4. The average Bonchev–Trinajstić information content (AvgIpc) is 3.04. The standard InChI is InChI=1S/C36H54N4O6/c1-5-8-11-12-13-16-23-36(4,34(45)39-37-32(43)28-21-19-26(24-30(28)41)17-14-9-6-2)35(46)40-38-33(44)29-22-20-27(25-31(29)42)18-15-10-7-3/h19-22,24-25,41-42H,5-18,23H2,1-4H3,(H,37,43)(H,38,44)(H,39,45)(H,40,46). The minimum absolute atomic E-state index is 0.00919. The predicted octanol–water partition coefficient (Wildman–Crippen LogP) is 6.54. The third-order valence-electron chi connectivity index (χ3n) is 8.36. The molecule has 0 radical (unpaired) electrons. The Morgan fingerprint density at radius 1 is 0.565 bits per heavy atom. The number of amides is 4. The van der Waals surface area contributed by atoms with Gasteiger partial charge in [0.15, 0.2) is 0 Å². The van der Waals surface area contributed by atoms with Gasteiger partial charge in [-0.3, -0.25) is 40.9 Å². The fourth-order valence-corrected chi connectivity index (χ4v) is 5.23. The number of unbranched alkanes of at least 4 members (excludes halogenated alkanes) is 9. The Kier molecular flexibility index (Phi) is 16.7. The number of aromatic hydroxyl groups is 2. The van der Waals surface area contributed by atoms with Crippen molar-refractivity contribution in [2.24, 2.45) is 5.41 Å². The lowest BCUT2D eigenvalue weighted by atomic mass is 9.82. The first-order valence-corrected chi connectivity index (χ1v) is 16.9. The molecule has 0 fully saturated rings. The van der Waals surface area contributed by atoms with Crippen molar-refractivity contribution < 1.29 is 29.4 Å². The normalized spacial score (nSPS) is 11.1. The van der Waals surface area contributed by atoms with Gasteiger partial charge in [-0.15, -0.1) is 0 Å². The zero-order valence-electron chi connectivity index (χ0n) is 28.1. The van der Waals surface area contributed by atoms with Crippen LogP contribution in [-0.2, 0) is 22.4 Å². The molecule has 0 aliphatic carbocycles. The van der Waals surface area contributed by atoms with E-state index in [4.69, 9.17) is 0 Å². The summed E-state index contributed by atoms with van der Waals surface area (Å²) in [6.07, 6.45) is 13.6. The van der Waals surface area contributed by atoms with E-state index in [1.165, 1.54) is 19.1 Å². The zero-order valence-corrected chi connectivity index (χ0v) is 28.1. The molecule has 0 unspecified atom stereocenters. The van der Waals surface area contributed by atoms with Crippen molar-refractivity contribution >= 4 is 23.6 Å². The van der Waals surface area contributed by atoms with Crippen molar-refractivity contribution in [1.82, 2.24) is 21.7 Å². The van der Waals surface area contributed by atoms with Gasteiger partial charge in [-0.2, -0.15) is 0 Å². The van der Waals surface area contributed by atoms with Crippen LogP contribution in [0.3, 0.4) is 0 Å². The number of rotatable bonds is 19. The van der Waals surface area contributed by atoms with Gasteiger partial charge in [0.1, 0.15) is 16.9 Å². The average molecular weight is 639 g/mol. The van der Waals surface area contributed by atoms with Crippen LogP contribution >= 0.6 is 0 Å². The Morgan fingerprint density at radius 2 is 0.957 bits per heavy atom. The van der Waals surface area contributed by atoms with Crippen molar-refractivity contribution in [1.29, 1.82) is 0 Å². The SMILES string of the molecule is CCCCCCCCC(C)(C(=O)NNC(=O)c1ccc(CCCCC)cc1O)C(=O)NNC(=O)c1ccc(CCCCC)cc1O. The third kappa shape index (κ3) is 12.0. The summed E-state index contributed by atoms with van der Waals surface area (Å²) in [4.78, 5) is 52.5. The minimum Gasteiger partial charge on any atom is -0.507 e. The van der Waals surface area contributed by atoms with Gasteiger partial charge in [-0.1, -0.05) is 97.1 Å². The van der Waals surface area contributed by atoms with Gasteiger partial charge in [0.25, 0.3) is 23.6 Å². The largest absolute Gasteiger partial charge is 0.507 e. The van der Waals surface area contributed by atoms with Gasteiger partial charge in [-0.05, 0) is 74.4 Å². The summed E-state index contributed by atoms with van der Waals surface area (Å²) in [5, 5.41) is 20.9. The van der Waals surface area contributed by atoms with Crippen molar-refractivity contribution in [2.45, 2.75) is 124 Å². The van der Waals surface area contributed by atoms with E-state index in [1.807, 2.05) is 0 Å². The molecule has 4 amide bonds. The van der Waals surface area contributed by atoms with Crippen LogP contribution in [0.25, 0.3) is 0 Å². The van der Waals surface area contributed by atoms with E-state index < -0.39 is 29.0 Å². The molecule has 10 nitrogen and oxygen atoms in total. The maximum atomic E-state index is 13.4. The van der Waals surface area contributed by atoms with Crippen LogP contribution in [0.4, 0.5) is 0 Å². The van der Waals surface area contributed by atoms with Crippen LogP contribution in [0, 0.1) is 5.41 Å². The topological polar surface area (TPSA) is 157 Å². The smallest absolute Gasteiger partial charge is 0.273 e. The van der Waals surface area contributed by atoms with Crippen LogP contribution < -0.4 is 21.7 Å². The number of hydrogen-bond donors (Lipinski definition) is 6. The zero-order chi connectivity index (χ0) is 34.0. The van der Waals surface area contributed by atoms with Gasteiger partial charge in [0.2, 0.25) is 0 Å². The molecule has 46 heavy (non-hydrogen) atoms. The number of phenolic OH excluding ortho intramolecular Hbond substituents is 2. The maximum absolute atomic E-state index is 13.4. The van der Waals surface area contributed by atoms with Crippen LogP contribution in [0.2, 0.25) is 0 Å². The molecule has 0 spiro atoms. The first kappa shape index (κ1) is 38.1. The monoisotopic (exact) mass is 638 g/mol. The quantitative estimate of drug-likeness (QED) is 0.0583. The number of nitrogens with one attached hydrogen (secondary N) is 4. The molecule has 0 saturated carbocycles. The minimum atomic E-state index is -1.65. The van der Waals surface area contributed by atoms with E-state index in [-0.39, 0.29) is 29.0 Å². The molecular weight excluding hydrogens is 584 g/mol. The number of hydrogen-bond acceptors (Lipinski definition) is 6. The van der Waals surface area contributed by atoms with Crippen molar-refractivity contribution in [3.63, 3.8) is 0 Å². The highest BCUT2D eigenvalue weighted by molar-refractivity contribution is 6.07. The molecule has 0 heterocycles. The van der Waals surface area contributed by atoms with Crippen LogP contribution in [0.5, 0.6) is 11.5 Å². The fourth-order valence-electron chi connectivity index (χ4n) is 5.23. The molecule has 0 aromatic heterocycles. The molecule has 6 N–H and O–H groups in total. The molecule has 0 bridgehead atoms. The van der Waals surface area contributed by atoms with Crippen molar-refractivity contribution in [2.75, 3.05) is 0 Å². The lowest BCUT2D eigenvalue weighted by Crippen LogP contribution is -2.57. The number of carbonyl (C=O) groups is 4. The fraction of sp³-hybridized carbons (Fsp3) is 0.556. The molecule has 0 aliphatic heterocycles. The number of hydrazine groups is 2. The van der Waals surface area contributed by atoms with Gasteiger partial charge in [0.05, 0.1) is 11.1 Å². The Balaban J connectivity index is 2.08. The van der Waals surface area contributed by atoms with Gasteiger partial charge >= 0.3 is 0 Å². The lowest BCUT2D eigenvalue weighted by Gasteiger charge is -2.27. The summed E-state index contributed by atoms with van der Waals surface area (Å²) in [5.74, 6) is -3.39. The number of phenols is 2. The van der Waals surface area contributed by atoms with Gasteiger partial charge in [-0.25, -0.2) is 0 Å². The summed E-state index contributed by atoms with van der Waals surface area (Å²) in [7, 11) is 0. The van der Waals surface area contributed by atoms with E-state index in [2.05, 4.69) is 42.5 Å². The summed E-state index contributed by atoms with van der Waals surface area (Å²) in [6.45, 7) is 7.79. The highest BCUT2D eigenvalue weighted by Crippen LogP contribution is 2.27. The molecule has 2 rings (SSSR count). The van der Waals surface area contributed by atoms with E-state index in [0.29, 0.717) is 6.42 Å². The Morgan fingerprint density at radius 3 is 1.37 bits per heavy atom. The first-order valence-electron chi connectivity index (χ1n) is 16.9. The van der Waals surface area contributed by atoms with Crippen LogP contribution in [0.1, 0.15) is 143 Å². The molecule has 2 aromatic carbocycles. The second-order valence-electron chi connectivity index (χ2n) is 12.3. The molecule has 0 aliphatic rings. The maximum Gasteiger partial charge on any atom is 0.273 e. The Hall–Kier alpha value is -4.08.